The number of benzene rings is 4. The second-order valence-electron chi connectivity index (χ2n) is 11.0. The average molecular weight is 579 g/mol. The van der Waals surface area contributed by atoms with Crippen LogP contribution in [0.4, 0.5) is 20.2 Å². The highest BCUT2D eigenvalue weighted by atomic mass is 19.1. The second kappa shape index (κ2) is 13.5. The molecule has 5 nitrogen and oxygen atoms in total. The monoisotopic (exact) mass is 578 g/mol. The van der Waals surface area contributed by atoms with Crippen LogP contribution in [0.3, 0.4) is 0 Å². The molecule has 0 unspecified atom stereocenters. The lowest BCUT2D eigenvalue weighted by Gasteiger charge is -2.38. The third-order valence-corrected chi connectivity index (χ3v) is 7.96. The van der Waals surface area contributed by atoms with Crippen LogP contribution >= 0.6 is 0 Å². The van der Waals surface area contributed by atoms with Crippen molar-refractivity contribution in [3.8, 4) is 0 Å². The Hall–Kier alpha value is -4.78. The fourth-order valence-corrected chi connectivity index (χ4v) is 5.55. The van der Waals surface area contributed by atoms with E-state index in [2.05, 4.69) is 35.5 Å². The Morgan fingerprint density at radius 2 is 1.63 bits per heavy atom. The Morgan fingerprint density at radius 3 is 2.33 bits per heavy atom. The fourth-order valence-electron chi connectivity index (χ4n) is 5.55. The van der Waals surface area contributed by atoms with Crippen molar-refractivity contribution in [2.45, 2.75) is 32.9 Å². The molecule has 4 aromatic rings. The largest absolute Gasteiger partial charge is 0.398 e. The van der Waals surface area contributed by atoms with Gasteiger partial charge in [0.2, 0.25) is 0 Å². The van der Waals surface area contributed by atoms with E-state index in [1.807, 2.05) is 29.2 Å². The first-order valence-electron chi connectivity index (χ1n) is 14.5. The molecule has 1 saturated heterocycles. The van der Waals surface area contributed by atoms with Crippen molar-refractivity contribution in [2.75, 3.05) is 23.7 Å². The van der Waals surface area contributed by atoms with E-state index in [9.17, 15) is 13.6 Å². The fraction of sp³-hybridized carbons (Fsp3) is 0.222. The van der Waals surface area contributed by atoms with Gasteiger partial charge < -0.3 is 15.5 Å². The lowest BCUT2D eigenvalue weighted by Crippen LogP contribution is -2.40. The van der Waals surface area contributed by atoms with Gasteiger partial charge in [0.15, 0.2) is 0 Å². The molecule has 4 aromatic carbocycles. The van der Waals surface area contributed by atoms with Gasteiger partial charge in [-0.1, -0.05) is 49.0 Å². The van der Waals surface area contributed by atoms with E-state index in [0.29, 0.717) is 43.0 Å². The molecule has 1 aliphatic heterocycles. The second-order valence-corrected chi connectivity index (χ2v) is 11.0. The van der Waals surface area contributed by atoms with Gasteiger partial charge >= 0.3 is 0 Å². The molecule has 0 spiro atoms. The number of anilines is 2. The summed E-state index contributed by atoms with van der Waals surface area (Å²) in [7, 11) is 0. The predicted octanol–water partition coefficient (Wildman–Crippen LogP) is 7.55. The first kappa shape index (κ1) is 29.7. The van der Waals surface area contributed by atoms with Crippen molar-refractivity contribution >= 4 is 23.5 Å². The van der Waals surface area contributed by atoms with Gasteiger partial charge in [0.25, 0.3) is 5.91 Å². The summed E-state index contributed by atoms with van der Waals surface area (Å²) in [5.74, 6) is -0.446. The van der Waals surface area contributed by atoms with Crippen LogP contribution in [0, 0.1) is 24.5 Å². The van der Waals surface area contributed by atoms with Crippen LogP contribution in [0.2, 0.25) is 0 Å². The standard InChI is InChI=1S/C36H36F2N4O/c1-25-7-3-4-12-35(25)42(24-28-9-6-11-33(38)20-28)26(2)29-15-17-41(18-16-29)36(43)30-13-14-34(39)31(21-30)23-40-22-27-8-5-10-32(37)19-27/h3-14,19-21,23,29H,2,15-18,22,24,39H2,1H3. The third kappa shape index (κ3) is 7.36. The summed E-state index contributed by atoms with van der Waals surface area (Å²) < 4.78 is 27.5. The zero-order valence-electron chi connectivity index (χ0n) is 24.3. The third-order valence-electron chi connectivity index (χ3n) is 7.96. The van der Waals surface area contributed by atoms with Gasteiger partial charge in [0, 0.05) is 60.0 Å². The number of allylic oxidation sites excluding steroid dienone is 1. The Labute approximate surface area is 252 Å². The number of nitrogens with zero attached hydrogens (tertiary/aromatic N) is 3. The molecule has 1 aliphatic rings. The van der Waals surface area contributed by atoms with Gasteiger partial charge in [-0.25, -0.2) is 8.78 Å². The van der Waals surface area contributed by atoms with Crippen LogP contribution in [0.15, 0.2) is 108 Å². The molecule has 2 N–H and O–H groups in total. The molecule has 0 aromatic heterocycles. The Kier molecular flexibility index (Phi) is 9.30. The number of piperidine rings is 1. The highest BCUT2D eigenvalue weighted by Crippen LogP contribution is 2.33. The summed E-state index contributed by atoms with van der Waals surface area (Å²) in [5.41, 5.74) is 12.6. The van der Waals surface area contributed by atoms with Crippen molar-refractivity contribution in [2.24, 2.45) is 10.9 Å². The Balaban J connectivity index is 1.25. The number of carbonyl (C=O) groups is 1. The molecule has 5 rings (SSSR count). The number of likely N-dealkylation sites (tertiary alicyclic amines) is 1. The number of halogens is 2. The Morgan fingerprint density at radius 1 is 0.953 bits per heavy atom. The minimum absolute atomic E-state index is 0.0561. The van der Waals surface area contributed by atoms with E-state index >= 15 is 0 Å². The minimum atomic E-state index is -0.304. The normalized spacial score (nSPS) is 13.8. The van der Waals surface area contributed by atoms with Crippen LogP contribution in [0.5, 0.6) is 0 Å². The maximum Gasteiger partial charge on any atom is 0.253 e. The van der Waals surface area contributed by atoms with Crippen LogP contribution < -0.4 is 10.6 Å². The summed E-state index contributed by atoms with van der Waals surface area (Å²) in [6, 6.07) is 26.3. The molecule has 0 atom stereocenters. The quantitative estimate of drug-likeness (QED) is 0.165. The van der Waals surface area contributed by atoms with E-state index in [-0.39, 0.29) is 23.5 Å². The van der Waals surface area contributed by atoms with Crippen LogP contribution in [0.25, 0.3) is 0 Å². The summed E-state index contributed by atoms with van der Waals surface area (Å²) in [4.78, 5) is 21.9. The van der Waals surface area contributed by atoms with Crippen molar-refractivity contribution < 1.29 is 13.6 Å². The van der Waals surface area contributed by atoms with E-state index in [1.54, 1.807) is 42.6 Å². The number of rotatable bonds is 9. The van der Waals surface area contributed by atoms with E-state index in [4.69, 9.17) is 5.73 Å². The van der Waals surface area contributed by atoms with Crippen molar-refractivity contribution in [1.82, 2.24) is 4.90 Å². The lowest BCUT2D eigenvalue weighted by molar-refractivity contribution is 0.0701. The van der Waals surface area contributed by atoms with Gasteiger partial charge in [-0.15, -0.1) is 0 Å². The summed E-state index contributed by atoms with van der Waals surface area (Å²) >= 11 is 0. The number of carbonyl (C=O) groups excluding carboxylic acids is 1. The van der Waals surface area contributed by atoms with Crippen molar-refractivity contribution in [1.29, 1.82) is 0 Å². The number of nitrogen functional groups attached to an aromatic ring is 1. The van der Waals surface area contributed by atoms with Gasteiger partial charge in [-0.05, 0) is 85.0 Å². The van der Waals surface area contributed by atoms with Crippen LogP contribution in [-0.2, 0) is 13.1 Å². The molecule has 1 heterocycles. The smallest absolute Gasteiger partial charge is 0.253 e. The van der Waals surface area contributed by atoms with Crippen LogP contribution in [0.1, 0.15) is 45.5 Å². The summed E-state index contributed by atoms with van der Waals surface area (Å²) in [6.07, 6.45) is 3.17. The van der Waals surface area contributed by atoms with Crippen LogP contribution in [-0.4, -0.2) is 30.1 Å². The average Bonchev–Trinajstić information content (AvgIpc) is 3.01. The summed E-state index contributed by atoms with van der Waals surface area (Å²) in [6.45, 7) is 8.57. The molecule has 1 fully saturated rings. The number of aliphatic imine (C=N–C) groups is 1. The zero-order chi connectivity index (χ0) is 30.3. The molecule has 220 valence electrons. The number of hydrogen-bond donors (Lipinski definition) is 1. The molecule has 1 amide bonds. The van der Waals surface area contributed by atoms with E-state index < -0.39 is 0 Å². The first-order valence-corrected chi connectivity index (χ1v) is 14.5. The number of para-hydroxylation sites is 1. The zero-order valence-corrected chi connectivity index (χ0v) is 24.3. The molecule has 0 bridgehead atoms. The SMILES string of the molecule is C=C(C1CCN(C(=O)c2ccc(N)c(C=NCc3cccc(F)c3)c2)CC1)N(Cc1cccc(F)c1)c1ccccc1C. The van der Waals surface area contributed by atoms with Gasteiger partial charge in [0.05, 0.1) is 6.54 Å². The number of amides is 1. The molecule has 0 aliphatic carbocycles. The molecular formula is C36H36F2N4O. The molecular weight excluding hydrogens is 542 g/mol. The van der Waals surface area contributed by atoms with Gasteiger partial charge in [-0.3, -0.25) is 9.79 Å². The lowest BCUT2D eigenvalue weighted by atomic mass is 9.92. The van der Waals surface area contributed by atoms with E-state index in [0.717, 1.165) is 40.9 Å². The molecule has 7 heteroatoms. The highest BCUT2D eigenvalue weighted by Gasteiger charge is 2.28. The van der Waals surface area contributed by atoms with Crippen molar-refractivity contribution in [3.05, 3.63) is 143 Å². The van der Waals surface area contributed by atoms with Crippen molar-refractivity contribution in [3.63, 3.8) is 0 Å². The minimum Gasteiger partial charge on any atom is -0.398 e. The van der Waals surface area contributed by atoms with E-state index in [1.165, 1.54) is 18.2 Å². The predicted molar refractivity (Wildman–Crippen MR) is 170 cm³/mol. The molecule has 0 saturated carbocycles. The Bertz CT molecular complexity index is 1640. The topological polar surface area (TPSA) is 61.9 Å². The molecule has 0 radical (unpaired) electrons. The highest BCUT2D eigenvalue weighted by molar-refractivity contribution is 5.98. The van der Waals surface area contributed by atoms with Gasteiger partial charge in [-0.2, -0.15) is 0 Å². The maximum atomic E-state index is 14.0. The number of aryl methyl sites for hydroxylation is 1. The summed E-state index contributed by atoms with van der Waals surface area (Å²) in [5, 5.41) is 0. The number of nitrogens with two attached hydrogens (primary N) is 1. The number of hydrogen-bond acceptors (Lipinski definition) is 4. The van der Waals surface area contributed by atoms with Gasteiger partial charge in [0.1, 0.15) is 11.6 Å². The molecule has 43 heavy (non-hydrogen) atoms. The maximum absolute atomic E-state index is 14.0. The first-order chi connectivity index (χ1) is 20.8.